The maximum Gasteiger partial charge on any atom is 0.269 e. The number of nitro groups is 1. The fourth-order valence-corrected chi connectivity index (χ4v) is 2.81. The molecule has 0 saturated carbocycles. The Morgan fingerprint density at radius 3 is 2.50 bits per heavy atom. The second-order valence-electron chi connectivity index (χ2n) is 6.15. The fourth-order valence-electron chi connectivity index (χ4n) is 2.30. The van der Waals surface area contributed by atoms with Gasteiger partial charge in [0.2, 0.25) is 5.91 Å². The van der Waals surface area contributed by atoms with E-state index in [1.165, 1.54) is 29.8 Å². The molecule has 0 saturated heterocycles. The van der Waals surface area contributed by atoms with Gasteiger partial charge in [0.05, 0.1) is 16.0 Å². The Balaban J connectivity index is 1.75. The van der Waals surface area contributed by atoms with Gasteiger partial charge in [-0.15, -0.1) is 0 Å². The van der Waals surface area contributed by atoms with Gasteiger partial charge in [-0.2, -0.15) is 0 Å². The molecule has 2 aromatic rings. The summed E-state index contributed by atoms with van der Waals surface area (Å²) in [4.78, 5) is 22.0. The zero-order chi connectivity index (χ0) is 19.1. The summed E-state index contributed by atoms with van der Waals surface area (Å²) in [5.74, 6) is 1.05. The number of hydrogen-bond acceptors (Lipinski definition) is 4. The minimum absolute atomic E-state index is 0.00883. The molecule has 0 unspecified atom stereocenters. The van der Waals surface area contributed by atoms with Gasteiger partial charge in [0, 0.05) is 24.2 Å². The third kappa shape index (κ3) is 5.84. The summed E-state index contributed by atoms with van der Waals surface area (Å²) in [6.07, 6.45) is 0.871. The van der Waals surface area contributed by atoms with Crippen molar-refractivity contribution in [1.82, 2.24) is 0 Å². The first-order valence-corrected chi connectivity index (χ1v) is 9.12. The Labute approximate surface area is 160 Å². The van der Waals surface area contributed by atoms with Crippen LogP contribution in [0, 0.1) is 10.1 Å². The molecule has 2 aromatic carbocycles. The van der Waals surface area contributed by atoms with E-state index in [0.29, 0.717) is 31.1 Å². The number of halogens is 1. The van der Waals surface area contributed by atoms with Gasteiger partial charge in [-0.3, -0.25) is 14.9 Å². The van der Waals surface area contributed by atoms with E-state index < -0.39 is 4.92 Å². The van der Waals surface area contributed by atoms with E-state index in [9.17, 15) is 14.9 Å². The zero-order valence-electron chi connectivity index (χ0n) is 14.7. The van der Waals surface area contributed by atoms with Crippen LogP contribution in [0.4, 0.5) is 11.4 Å². The smallest absolute Gasteiger partial charge is 0.269 e. The lowest BCUT2D eigenvalue weighted by molar-refractivity contribution is -0.384. The molecule has 1 N–H and O–H groups in total. The number of benzene rings is 2. The third-order valence-corrected chi connectivity index (χ3v) is 4.41. The van der Waals surface area contributed by atoms with Crippen LogP contribution in [0.1, 0.15) is 38.2 Å². The molecule has 6 nitrogen and oxygen atoms in total. The summed E-state index contributed by atoms with van der Waals surface area (Å²) < 4.78 is 6.61. The van der Waals surface area contributed by atoms with Crippen molar-refractivity contribution in [3.8, 4) is 5.75 Å². The maximum atomic E-state index is 11.9. The first kappa shape index (κ1) is 19.9. The van der Waals surface area contributed by atoms with E-state index in [-0.39, 0.29) is 11.6 Å². The molecule has 0 spiro atoms. The first-order chi connectivity index (χ1) is 12.4. The van der Waals surface area contributed by atoms with Crippen molar-refractivity contribution in [2.45, 2.75) is 32.6 Å². The Hall–Kier alpha value is -2.41. The number of ether oxygens (including phenoxy) is 1. The van der Waals surface area contributed by atoms with Crippen molar-refractivity contribution >= 4 is 33.2 Å². The number of carbonyl (C=O) groups excluding carboxylic acids is 1. The molecule has 138 valence electrons. The zero-order valence-corrected chi connectivity index (χ0v) is 16.3. The largest absolute Gasteiger partial charge is 0.492 e. The standard InChI is InChI=1S/C19H21BrN2O4/c1-13(2)14-5-10-18(17(20)12-14)26-11-3-4-19(23)21-15-6-8-16(9-7-15)22(24)25/h5-10,12-13H,3-4,11H2,1-2H3,(H,21,23). The van der Waals surface area contributed by atoms with Gasteiger partial charge in [-0.05, 0) is 58.1 Å². The highest BCUT2D eigenvalue weighted by molar-refractivity contribution is 9.10. The summed E-state index contributed by atoms with van der Waals surface area (Å²) >= 11 is 3.50. The van der Waals surface area contributed by atoms with Gasteiger partial charge >= 0.3 is 0 Å². The van der Waals surface area contributed by atoms with Gasteiger partial charge < -0.3 is 10.1 Å². The quantitative estimate of drug-likeness (QED) is 0.357. The van der Waals surface area contributed by atoms with Crippen LogP contribution in [0.2, 0.25) is 0 Å². The molecule has 0 fully saturated rings. The van der Waals surface area contributed by atoms with Gasteiger partial charge in [0.15, 0.2) is 0 Å². The van der Waals surface area contributed by atoms with Gasteiger partial charge in [0.25, 0.3) is 5.69 Å². The van der Waals surface area contributed by atoms with E-state index in [4.69, 9.17) is 4.74 Å². The van der Waals surface area contributed by atoms with Crippen LogP contribution in [-0.4, -0.2) is 17.4 Å². The van der Waals surface area contributed by atoms with Crippen LogP contribution in [0.3, 0.4) is 0 Å². The molecule has 0 radical (unpaired) electrons. The number of carbonyl (C=O) groups is 1. The lowest BCUT2D eigenvalue weighted by Crippen LogP contribution is -2.12. The van der Waals surface area contributed by atoms with Gasteiger partial charge in [-0.1, -0.05) is 19.9 Å². The summed E-state index contributed by atoms with van der Waals surface area (Å²) in [5.41, 5.74) is 1.76. The lowest BCUT2D eigenvalue weighted by atomic mass is 10.0. The molecule has 0 aliphatic heterocycles. The predicted molar refractivity (Wildman–Crippen MR) is 105 cm³/mol. The highest BCUT2D eigenvalue weighted by Gasteiger charge is 2.08. The third-order valence-electron chi connectivity index (χ3n) is 3.79. The Kier molecular flexibility index (Phi) is 7.15. The Morgan fingerprint density at radius 2 is 1.92 bits per heavy atom. The SMILES string of the molecule is CC(C)c1ccc(OCCCC(=O)Nc2ccc([N+](=O)[O-])cc2)c(Br)c1. The van der Waals surface area contributed by atoms with Crippen LogP contribution in [0.15, 0.2) is 46.9 Å². The van der Waals surface area contributed by atoms with Crippen molar-refractivity contribution in [1.29, 1.82) is 0 Å². The predicted octanol–water partition coefficient (Wildman–Crippen LogP) is 5.28. The van der Waals surface area contributed by atoms with Crippen LogP contribution >= 0.6 is 15.9 Å². The molecule has 7 heteroatoms. The first-order valence-electron chi connectivity index (χ1n) is 8.33. The number of nitrogens with zero attached hydrogens (tertiary/aromatic N) is 1. The lowest BCUT2D eigenvalue weighted by Gasteiger charge is -2.11. The van der Waals surface area contributed by atoms with Crippen molar-refractivity contribution in [3.05, 3.63) is 62.6 Å². The Morgan fingerprint density at radius 1 is 1.23 bits per heavy atom. The van der Waals surface area contributed by atoms with Crippen molar-refractivity contribution < 1.29 is 14.5 Å². The minimum atomic E-state index is -0.477. The summed E-state index contributed by atoms with van der Waals surface area (Å²) in [7, 11) is 0. The minimum Gasteiger partial charge on any atom is -0.492 e. The van der Waals surface area contributed by atoms with Crippen LogP contribution in [-0.2, 0) is 4.79 Å². The normalized spacial score (nSPS) is 10.6. The molecule has 2 rings (SSSR count). The summed E-state index contributed by atoms with van der Waals surface area (Å²) in [6.45, 7) is 4.69. The average molecular weight is 421 g/mol. The molecule has 0 aliphatic carbocycles. The second-order valence-corrected chi connectivity index (χ2v) is 7.00. The molecule has 26 heavy (non-hydrogen) atoms. The highest BCUT2D eigenvalue weighted by atomic mass is 79.9. The molecule has 0 aromatic heterocycles. The number of non-ortho nitro benzene ring substituents is 1. The van der Waals surface area contributed by atoms with E-state index >= 15 is 0 Å². The van der Waals surface area contributed by atoms with Crippen molar-refractivity contribution in [3.63, 3.8) is 0 Å². The van der Waals surface area contributed by atoms with Crippen molar-refractivity contribution in [2.24, 2.45) is 0 Å². The van der Waals surface area contributed by atoms with Gasteiger partial charge in [0.1, 0.15) is 5.75 Å². The van der Waals surface area contributed by atoms with E-state index in [2.05, 4.69) is 35.1 Å². The Bertz CT molecular complexity index is 776. The number of anilines is 1. The average Bonchev–Trinajstić information content (AvgIpc) is 2.60. The van der Waals surface area contributed by atoms with E-state index in [0.717, 1.165) is 10.2 Å². The van der Waals surface area contributed by atoms with Crippen molar-refractivity contribution in [2.75, 3.05) is 11.9 Å². The number of nitrogens with one attached hydrogen (secondary N) is 1. The molecule has 0 aliphatic rings. The number of amides is 1. The molecule has 0 bridgehead atoms. The monoisotopic (exact) mass is 420 g/mol. The van der Waals surface area contributed by atoms with Gasteiger partial charge in [-0.25, -0.2) is 0 Å². The number of hydrogen-bond donors (Lipinski definition) is 1. The van der Waals surface area contributed by atoms with E-state index in [1.54, 1.807) is 0 Å². The summed E-state index contributed by atoms with van der Waals surface area (Å²) in [6, 6.07) is 11.7. The fraction of sp³-hybridized carbons (Fsp3) is 0.316. The highest BCUT2D eigenvalue weighted by Crippen LogP contribution is 2.29. The second kappa shape index (κ2) is 9.33. The van der Waals surface area contributed by atoms with Crippen LogP contribution in [0.5, 0.6) is 5.75 Å². The molecule has 0 heterocycles. The van der Waals surface area contributed by atoms with Crippen LogP contribution in [0.25, 0.3) is 0 Å². The number of rotatable bonds is 8. The summed E-state index contributed by atoms with van der Waals surface area (Å²) in [5, 5.41) is 13.3. The topological polar surface area (TPSA) is 81.5 Å². The van der Waals surface area contributed by atoms with E-state index in [1.807, 2.05) is 18.2 Å². The number of nitro benzene ring substituents is 1. The molecular formula is C19H21BrN2O4. The van der Waals surface area contributed by atoms with Crippen LogP contribution < -0.4 is 10.1 Å². The maximum absolute atomic E-state index is 11.9. The molecule has 1 amide bonds. The molecular weight excluding hydrogens is 400 g/mol. The molecule has 0 atom stereocenters.